The van der Waals surface area contributed by atoms with Gasteiger partial charge in [0.05, 0.1) is 5.56 Å². The first-order chi connectivity index (χ1) is 11.3. The highest BCUT2D eigenvalue weighted by Crippen LogP contribution is 2.26. The van der Waals surface area contributed by atoms with Gasteiger partial charge in [0.15, 0.2) is 0 Å². The second kappa shape index (κ2) is 6.03. The maximum absolute atomic E-state index is 12.7. The van der Waals surface area contributed by atoms with E-state index in [9.17, 15) is 4.79 Å². The molecule has 0 spiro atoms. The number of hydrogen-bond acceptors (Lipinski definition) is 3. The van der Waals surface area contributed by atoms with E-state index in [0.717, 1.165) is 37.4 Å². The van der Waals surface area contributed by atoms with Crippen molar-refractivity contribution < 1.29 is 4.79 Å². The van der Waals surface area contributed by atoms with Gasteiger partial charge in [0.1, 0.15) is 5.82 Å². The number of aromatic nitrogens is 1. The molecule has 1 amide bonds. The first-order valence-electron chi connectivity index (χ1n) is 8.44. The van der Waals surface area contributed by atoms with Gasteiger partial charge >= 0.3 is 0 Å². The lowest BCUT2D eigenvalue weighted by atomic mass is 10.1. The van der Waals surface area contributed by atoms with Gasteiger partial charge in [-0.15, -0.1) is 0 Å². The third-order valence-corrected chi connectivity index (χ3v) is 4.79. The lowest BCUT2D eigenvalue weighted by molar-refractivity contribution is 0.102. The van der Waals surface area contributed by atoms with Crippen LogP contribution in [0.4, 0.5) is 11.5 Å². The summed E-state index contributed by atoms with van der Waals surface area (Å²) in [5.41, 5.74) is 4.33. The van der Waals surface area contributed by atoms with Crippen LogP contribution in [0.25, 0.3) is 0 Å². The lowest BCUT2D eigenvalue weighted by Crippen LogP contribution is -2.24. The number of carbonyl (C=O) groups is 1. The zero-order valence-corrected chi connectivity index (χ0v) is 13.2. The third-order valence-electron chi connectivity index (χ3n) is 4.79. The molecule has 1 aromatic heterocycles. The SMILES string of the molecule is O=C(Nc1ccc2c(c1)CCC2)c1cccnc1N1CCCC1. The highest BCUT2D eigenvalue weighted by atomic mass is 16.1. The van der Waals surface area contributed by atoms with E-state index in [1.165, 1.54) is 30.4 Å². The molecule has 0 radical (unpaired) electrons. The number of benzene rings is 1. The number of anilines is 2. The molecule has 118 valence electrons. The molecule has 4 heteroatoms. The zero-order chi connectivity index (χ0) is 15.6. The Balaban J connectivity index is 1.57. The summed E-state index contributed by atoms with van der Waals surface area (Å²) >= 11 is 0. The van der Waals surface area contributed by atoms with E-state index in [4.69, 9.17) is 0 Å². The number of nitrogens with one attached hydrogen (secondary N) is 1. The molecular formula is C19H21N3O. The van der Waals surface area contributed by atoms with E-state index in [1.807, 2.05) is 18.2 Å². The Morgan fingerprint density at radius 3 is 2.74 bits per heavy atom. The minimum atomic E-state index is -0.0713. The van der Waals surface area contributed by atoms with Crippen LogP contribution in [0.3, 0.4) is 0 Å². The standard InChI is InChI=1S/C19H21N3O/c23-19(21-16-9-8-14-5-3-6-15(14)13-16)17-7-4-10-20-18(17)22-11-1-2-12-22/h4,7-10,13H,1-3,5-6,11-12H2,(H,21,23). The van der Waals surface area contributed by atoms with Crippen molar-refractivity contribution in [3.63, 3.8) is 0 Å². The number of hydrogen-bond donors (Lipinski definition) is 1. The summed E-state index contributed by atoms with van der Waals surface area (Å²) in [5.74, 6) is 0.738. The molecule has 0 saturated carbocycles. The summed E-state index contributed by atoms with van der Waals surface area (Å²) in [6, 6.07) is 9.96. The van der Waals surface area contributed by atoms with Gasteiger partial charge in [-0.1, -0.05) is 6.07 Å². The van der Waals surface area contributed by atoms with E-state index in [2.05, 4.69) is 27.3 Å². The molecule has 0 bridgehead atoms. The number of fused-ring (bicyclic) bond motifs is 1. The minimum Gasteiger partial charge on any atom is -0.356 e. The van der Waals surface area contributed by atoms with Gasteiger partial charge in [-0.25, -0.2) is 4.98 Å². The summed E-state index contributed by atoms with van der Waals surface area (Å²) < 4.78 is 0. The lowest BCUT2D eigenvalue weighted by Gasteiger charge is -2.19. The van der Waals surface area contributed by atoms with E-state index >= 15 is 0 Å². The van der Waals surface area contributed by atoms with Gasteiger partial charge in [-0.05, 0) is 67.5 Å². The molecule has 1 fully saturated rings. The van der Waals surface area contributed by atoms with Crippen molar-refractivity contribution >= 4 is 17.4 Å². The fourth-order valence-electron chi connectivity index (χ4n) is 3.60. The Morgan fingerprint density at radius 1 is 1.04 bits per heavy atom. The maximum atomic E-state index is 12.7. The molecule has 23 heavy (non-hydrogen) atoms. The highest BCUT2D eigenvalue weighted by Gasteiger charge is 2.21. The average molecular weight is 307 g/mol. The molecule has 4 nitrogen and oxygen atoms in total. The van der Waals surface area contributed by atoms with Crippen molar-refractivity contribution in [1.29, 1.82) is 0 Å². The van der Waals surface area contributed by atoms with Crippen LogP contribution in [-0.2, 0) is 12.8 Å². The van der Waals surface area contributed by atoms with Crippen molar-refractivity contribution in [2.45, 2.75) is 32.1 Å². The largest absolute Gasteiger partial charge is 0.356 e. The minimum absolute atomic E-state index is 0.0713. The van der Waals surface area contributed by atoms with Crippen LogP contribution in [0, 0.1) is 0 Å². The molecule has 1 aromatic carbocycles. The number of amides is 1. The monoisotopic (exact) mass is 307 g/mol. The predicted molar refractivity (Wildman–Crippen MR) is 92.1 cm³/mol. The average Bonchev–Trinajstić information content (AvgIpc) is 3.26. The summed E-state index contributed by atoms with van der Waals surface area (Å²) in [6.45, 7) is 1.96. The van der Waals surface area contributed by atoms with E-state index in [1.54, 1.807) is 6.20 Å². The second-order valence-electron chi connectivity index (χ2n) is 6.36. The van der Waals surface area contributed by atoms with Gasteiger partial charge in [-0.2, -0.15) is 0 Å². The molecule has 2 heterocycles. The van der Waals surface area contributed by atoms with E-state index < -0.39 is 0 Å². The smallest absolute Gasteiger partial charge is 0.259 e. The van der Waals surface area contributed by atoms with Crippen molar-refractivity contribution in [2.24, 2.45) is 0 Å². The van der Waals surface area contributed by atoms with Crippen LogP contribution in [0.1, 0.15) is 40.7 Å². The Labute approximate surface area is 136 Å². The fraction of sp³-hybridized carbons (Fsp3) is 0.368. The molecule has 4 rings (SSSR count). The number of pyridine rings is 1. The van der Waals surface area contributed by atoms with E-state index in [0.29, 0.717) is 5.56 Å². The molecule has 2 aromatic rings. The molecule has 2 aliphatic rings. The number of nitrogens with zero attached hydrogens (tertiary/aromatic N) is 2. The first-order valence-corrected chi connectivity index (χ1v) is 8.44. The third kappa shape index (κ3) is 2.81. The number of aryl methyl sites for hydroxylation is 2. The number of carbonyl (C=O) groups excluding carboxylic acids is 1. The van der Waals surface area contributed by atoms with Crippen LogP contribution >= 0.6 is 0 Å². The first kappa shape index (κ1) is 14.2. The van der Waals surface area contributed by atoms with Crippen molar-refractivity contribution in [1.82, 2.24) is 4.98 Å². The zero-order valence-electron chi connectivity index (χ0n) is 13.2. The van der Waals surface area contributed by atoms with E-state index in [-0.39, 0.29) is 5.91 Å². The molecule has 1 N–H and O–H groups in total. The molecule has 0 atom stereocenters. The van der Waals surface area contributed by atoms with Crippen LogP contribution < -0.4 is 10.2 Å². The van der Waals surface area contributed by atoms with Crippen molar-refractivity contribution in [2.75, 3.05) is 23.3 Å². The quantitative estimate of drug-likeness (QED) is 0.945. The maximum Gasteiger partial charge on any atom is 0.259 e. The van der Waals surface area contributed by atoms with Gasteiger partial charge < -0.3 is 10.2 Å². The van der Waals surface area contributed by atoms with Gasteiger partial charge in [-0.3, -0.25) is 4.79 Å². The molecule has 1 aliphatic heterocycles. The Morgan fingerprint density at radius 2 is 1.87 bits per heavy atom. The fourth-order valence-corrected chi connectivity index (χ4v) is 3.60. The summed E-state index contributed by atoms with van der Waals surface area (Å²) in [5, 5.41) is 3.05. The van der Waals surface area contributed by atoms with Gasteiger partial charge in [0.25, 0.3) is 5.91 Å². The summed E-state index contributed by atoms with van der Waals surface area (Å²) in [6.07, 6.45) is 7.59. The number of rotatable bonds is 3. The molecule has 0 unspecified atom stereocenters. The second-order valence-corrected chi connectivity index (χ2v) is 6.36. The molecular weight excluding hydrogens is 286 g/mol. The predicted octanol–water partition coefficient (Wildman–Crippen LogP) is 3.42. The molecule has 1 aliphatic carbocycles. The summed E-state index contributed by atoms with van der Waals surface area (Å²) in [4.78, 5) is 19.4. The van der Waals surface area contributed by atoms with Crippen molar-refractivity contribution in [3.8, 4) is 0 Å². The summed E-state index contributed by atoms with van der Waals surface area (Å²) in [7, 11) is 0. The topological polar surface area (TPSA) is 45.2 Å². The normalized spacial score (nSPS) is 16.4. The molecule has 1 saturated heterocycles. The van der Waals surface area contributed by atoms with Crippen LogP contribution in [0.5, 0.6) is 0 Å². The van der Waals surface area contributed by atoms with Crippen LogP contribution in [-0.4, -0.2) is 24.0 Å². The highest BCUT2D eigenvalue weighted by molar-refractivity contribution is 6.07. The van der Waals surface area contributed by atoms with Gasteiger partial charge in [0.2, 0.25) is 0 Å². The Kier molecular flexibility index (Phi) is 3.74. The van der Waals surface area contributed by atoms with Crippen LogP contribution in [0.15, 0.2) is 36.5 Å². The van der Waals surface area contributed by atoms with Crippen molar-refractivity contribution in [3.05, 3.63) is 53.2 Å². The Hall–Kier alpha value is -2.36. The Bertz CT molecular complexity index is 735. The van der Waals surface area contributed by atoms with Gasteiger partial charge in [0, 0.05) is 25.0 Å². The van der Waals surface area contributed by atoms with Crippen LogP contribution in [0.2, 0.25) is 0 Å².